The molecule has 0 aliphatic heterocycles. The molecule has 49 heavy (non-hydrogen) atoms. The summed E-state index contributed by atoms with van der Waals surface area (Å²) in [4.78, 5) is 31.1. The SMILES string of the molecule is CSCC[C@H](NC(=O)c1ccc(/C=C(/Cn2ccnc2)c2ccc(F)cc2)cc1-c1ccc(F)cc1)C(=O)NS(=O)(=O)c1c(C)noc1C. The first kappa shape index (κ1) is 35.2. The molecule has 2 heterocycles. The van der Waals surface area contributed by atoms with E-state index in [-0.39, 0.29) is 34.2 Å². The van der Waals surface area contributed by atoms with E-state index in [4.69, 9.17) is 4.52 Å². The maximum atomic E-state index is 13.9. The molecule has 3 aromatic carbocycles. The van der Waals surface area contributed by atoms with Crippen LogP contribution >= 0.6 is 11.8 Å². The van der Waals surface area contributed by atoms with Crippen LogP contribution < -0.4 is 10.0 Å². The van der Waals surface area contributed by atoms with Crippen LogP contribution in [0.15, 0.2) is 94.9 Å². The van der Waals surface area contributed by atoms with E-state index >= 15 is 0 Å². The Hall–Kier alpha value is -5.08. The fourth-order valence-electron chi connectivity index (χ4n) is 5.23. The van der Waals surface area contributed by atoms with Gasteiger partial charge in [-0.25, -0.2) is 26.9 Å². The highest BCUT2D eigenvalue weighted by Gasteiger charge is 2.30. The van der Waals surface area contributed by atoms with Crippen LogP contribution in [-0.4, -0.2) is 53.0 Å². The monoisotopic (exact) mass is 705 g/mol. The molecule has 2 N–H and O–H groups in total. The Morgan fingerprint density at radius 3 is 2.33 bits per heavy atom. The molecule has 254 valence electrons. The lowest BCUT2D eigenvalue weighted by molar-refractivity contribution is -0.121. The average molecular weight is 706 g/mol. The molecule has 14 heteroatoms. The molecule has 0 bridgehead atoms. The van der Waals surface area contributed by atoms with Crippen molar-refractivity contribution in [3.8, 4) is 11.1 Å². The molecule has 1 atom stereocenters. The molecular weight excluding hydrogens is 673 g/mol. The minimum Gasteiger partial charge on any atom is -0.360 e. The topological polar surface area (TPSA) is 136 Å². The number of imidazole rings is 1. The number of carbonyl (C=O) groups excluding carboxylic acids is 2. The number of halogens is 2. The first-order valence-corrected chi connectivity index (χ1v) is 17.9. The van der Waals surface area contributed by atoms with Crippen molar-refractivity contribution in [1.29, 1.82) is 0 Å². The van der Waals surface area contributed by atoms with Crippen molar-refractivity contribution >= 4 is 45.2 Å². The van der Waals surface area contributed by atoms with Gasteiger partial charge in [0.1, 0.15) is 23.4 Å². The lowest BCUT2D eigenvalue weighted by atomic mass is 9.94. The Kier molecular flexibility index (Phi) is 11.1. The molecular formula is C35H33F2N5O5S2. The van der Waals surface area contributed by atoms with Crippen molar-refractivity contribution in [1.82, 2.24) is 24.7 Å². The third kappa shape index (κ3) is 8.69. The second kappa shape index (κ2) is 15.4. The Morgan fingerprint density at radius 1 is 1.02 bits per heavy atom. The Morgan fingerprint density at radius 2 is 1.71 bits per heavy atom. The number of amides is 2. The minimum absolute atomic E-state index is 0.0215. The van der Waals surface area contributed by atoms with Gasteiger partial charge < -0.3 is 14.4 Å². The van der Waals surface area contributed by atoms with Crippen molar-refractivity contribution in [2.24, 2.45) is 0 Å². The van der Waals surface area contributed by atoms with Crippen molar-refractivity contribution in [2.45, 2.75) is 37.8 Å². The van der Waals surface area contributed by atoms with Gasteiger partial charge in [-0.15, -0.1) is 0 Å². The van der Waals surface area contributed by atoms with Crippen LogP contribution in [0.4, 0.5) is 8.78 Å². The predicted octanol–water partition coefficient (Wildman–Crippen LogP) is 6.03. The highest BCUT2D eigenvalue weighted by Crippen LogP contribution is 2.29. The summed E-state index contributed by atoms with van der Waals surface area (Å²) in [5.74, 6) is -1.92. The third-order valence-electron chi connectivity index (χ3n) is 7.62. The smallest absolute Gasteiger partial charge is 0.269 e. The zero-order chi connectivity index (χ0) is 35.1. The normalized spacial score (nSPS) is 12.5. The minimum atomic E-state index is -4.35. The van der Waals surface area contributed by atoms with Gasteiger partial charge in [0.25, 0.3) is 21.8 Å². The molecule has 5 rings (SSSR count). The summed E-state index contributed by atoms with van der Waals surface area (Å²) in [6, 6.07) is 15.6. The van der Waals surface area contributed by atoms with Crippen molar-refractivity contribution in [3.05, 3.63) is 125 Å². The zero-order valence-corrected chi connectivity index (χ0v) is 28.4. The summed E-state index contributed by atoms with van der Waals surface area (Å²) >= 11 is 1.43. The number of hydrogen-bond donors (Lipinski definition) is 2. The number of thioether (sulfide) groups is 1. The summed E-state index contributed by atoms with van der Waals surface area (Å²) in [5.41, 5.74) is 3.54. The Bertz CT molecular complexity index is 2060. The fraction of sp³-hybridized carbons (Fsp3) is 0.200. The number of aromatic nitrogens is 3. The third-order valence-corrected chi connectivity index (χ3v) is 9.85. The van der Waals surface area contributed by atoms with Crippen LogP contribution in [0.25, 0.3) is 22.8 Å². The molecule has 0 fully saturated rings. The Labute approximate surface area is 286 Å². The van der Waals surface area contributed by atoms with E-state index in [2.05, 4.69) is 20.2 Å². The van der Waals surface area contributed by atoms with Crippen LogP contribution in [0.5, 0.6) is 0 Å². The first-order valence-electron chi connectivity index (χ1n) is 15.1. The van der Waals surface area contributed by atoms with Crippen molar-refractivity contribution in [2.75, 3.05) is 12.0 Å². The van der Waals surface area contributed by atoms with Gasteiger partial charge in [-0.05, 0) is 103 Å². The van der Waals surface area contributed by atoms with Gasteiger partial charge in [-0.1, -0.05) is 35.5 Å². The largest absolute Gasteiger partial charge is 0.360 e. The summed E-state index contributed by atoms with van der Waals surface area (Å²) in [6.07, 6.45) is 8.98. The molecule has 0 spiro atoms. The van der Waals surface area contributed by atoms with E-state index in [1.807, 2.05) is 16.9 Å². The average Bonchev–Trinajstić information content (AvgIpc) is 3.71. The number of nitrogens with zero attached hydrogens (tertiary/aromatic N) is 3. The number of carbonyl (C=O) groups is 2. The van der Waals surface area contributed by atoms with E-state index < -0.39 is 33.7 Å². The summed E-state index contributed by atoms with van der Waals surface area (Å²) in [6.45, 7) is 3.28. The molecule has 0 radical (unpaired) electrons. The second-order valence-corrected chi connectivity index (χ2v) is 13.8. The number of allylic oxidation sites excluding steroid dienone is 1. The van der Waals surface area contributed by atoms with Gasteiger partial charge in [0.2, 0.25) is 0 Å². The molecule has 0 unspecified atom stereocenters. The van der Waals surface area contributed by atoms with E-state index in [1.54, 1.807) is 49.1 Å². The number of nitrogens with one attached hydrogen (secondary N) is 2. The maximum Gasteiger partial charge on any atom is 0.269 e. The van der Waals surface area contributed by atoms with E-state index in [0.29, 0.717) is 29.0 Å². The lowest BCUT2D eigenvalue weighted by Crippen LogP contribution is -2.48. The van der Waals surface area contributed by atoms with Gasteiger partial charge in [-0.2, -0.15) is 11.8 Å². The molecule has 0 saturated carbocycles. The first-order chi connectivity index (χ1) is 23.4. The van der Waals surface area contributed by atoms with Crippen LogP contribution in [0, 0.1) is 25.5 Å². The van der Waals surface area contributed by atoms with Crippen LogP contribution in [0.3, 0.4) is 0 Å². The number of hydrogen-bond acceptors (Lipinski definition) is 8. The van der Waals surface area contributed by atoms with Crippen LogP contribution in [0.1, 0.15) is 39.4 Å². The molecule has 2 amide bonds. The lowest BCUT2D eigenvalue weighted by Gasteiger charge is -2.20. The quantitative estimate of drug-likeness (QED) is 0.142. The number of sulfonamides is 1. The zero-order valence-electron chi connectivity index (χ0n) is 26.8. The van der Waals surface area contributed by atoms with E-state index in [9.17, 15) is 26.8 Å². The van der Waals surface area contributed by atoms with E-state index in [0.717, 1.165) is 11.1 Å². The fourth-order valence-corrected chi connectivity index (χ4v) is 7.06. The second-order valence-electron chi connectivity index (χ2n) is 11.2. The standard InChI is InChI=1S/C35H33F2N5O5S2/c1-22-33(23(2)47-40-22)49(45,46)41-35(44)32(14-17-48-3)39-34(43)30-13-4-24(19-31(30)26-7-11-29(37)12-8-26)18-27(20-42-16-15-38-21-42)25-5-9-28(36)10-6-25/h4-13,15-16,18-19,21,32H,14,17,20H2,1-3H3,(H,39,43)(H,41,44)/b27-18-/t32-/m0/s1. The summed E-state index contributed by atoms with van der Waals surface area (Å²) < 4.78 is 62.8. The number of aryl methyl sites for hydroxylation is 2. The number of rotatable bonds is 13. The van der Waals surface area contributed by atoms with Crippen LogP contribution in [0.2, 0.25) is 0 Å². The predicted molar refractivity (Wildman–Crippen MR) is 184 cm³/mol. The molecule has 0 aliphatic rings. The molecule has 2 aromatic heterocycles. The van der Waals surface area contributed by atoms with Gasteiger partial charge in [-0.3, -0.25) is 9.59 Å². The van der Waals surface area contributed by atoms with Crippen molar-refractivity contribution in [3.63, 3.8) is 0 Å². The molecule has 10 nitrogen and oxygen atoms in total. The van der Waals surface area contributed by atoms with Crippen molar-refractivity contribution < 1.29 is 31.3 Å². The van der Waals surface area contributed by atoms with Gasteiger partial charge >= 0.3 is 0 Å². The van der Waals surface area contributed by atoms with E-state index in [1.165, 1.54) is 62.0 Å². The Balaban J connectivity index is 1.50. The summed E-state index contributed by atoms with van der Waals surface area (Å²) in [7, 11) is -4.35. The molecule has 0 aliphatic carbocycles. The molecule has 5 aromatic rings. The number of benzene rings is 3. The highest BCUT2D eigenvalue weighted by atomic mass is 32.2. The maximum absolute atomic E-state index is 13.9. The van der Waals surface area contributed by atoms with Gasteiger partial charge in [0.15, 0.2) is 10.7 Å². The highest BCUT2D eigenvalue weighted by molar-refractivity contribution is 7.98. The summed E-state index contributed by atoms with van der Waals surface area (Å²) in [5, 5.41) is 6.36. The van der Waals surface area contributed by atoms with Gasteiger partial charge in [0, 0.05) is 24.5 Å². The molecule has 0 saturated heterocycles. The van der Waals surface area contributed by atoms with Gasteiger partial charge in [0.05, 0.1) is 6.33 Å². The van der Waals surface area contributed by atoms with Crippen LogP contribution in [-0.2, 0) is 21.4 Å².